The molecular weight excluding hydrogens is 545 g/mol. The first-order valence-corrected chi connectivity index (χ1v) is 16.2. The van der Waals surface area contributed by atoms with Crippen LogP contribution in [0.3, 0.4) is 0 Å². The molecule has 1 aromatic rings. The van der Waals surface area contributed by atoms with E-state index in [0.29, 0.717) is 19.8 Å². The third-order valence-electron chi connectivity index (χ3n) is 9.61. The molecule has 0 aliphatic carbocycles. The molecule has 3 atom stereocenters. The molecule has 7 heteroatoms. The minimum atomic E-state index is -0.726. The summed E-state index contributed by atoms with van der Waals surface area (Å²) in [7, 11) is 2.81. The van der Waals surface area contributed by atoms with Crippen LogP contribution in [0.25, 0.3) is 6.08 Å². The number of carbonyl (C=O) groups is 2. The molecule has 1 aromatic carbocycles. The van der Waals surface area contributed by atoms with Crippen molar-refractivity contribution in [2.24, 2.45) is 27.9 Å². The molecule has 2 N–H and O–H groups in total. The topological polar surface area (TPSA) is 87.8 Å². The van der Waals surface area contributed by atoms with Gasteiger partial charge >= 0.3 is 11.9 Å². The van der Waals surface area contributed by atoms with Crippen molar-refractivity contribution >= 4 is 27.3 Å². The van der Waals surface area contributed by atoms with Gasteiger partial charge in [-0.05, 0) is 98.0 Å². The van der Waals surface area contributed by atoms with Crippen molar-refractivity contribution in [1.82, 2.24) is 0 Å². The second kappa shape index (κ2) is 16.8. The van der Waals surface area contributed by atoms with Gasteiger partial charge in [-0.3, -0.25) is 4.79 Å². The first-order valence-electron chi connectivity index (χ1n) is 15.7. The Morgan fingerprint density at radius 3 is 1.88 bits per heavy atom. The highest BCUT2D eigenvalue weighted by Crippen LogP contribution is 2.56. The van der Waals surface area contributed by atoms with E-state index in [1.54, 1.807) is 6.08 Å². The van der Waals surface area contributed by atoms with Crippen molar-refractivity contribution in [2.75, 3.05) is 19.8 Å². The number of nitrogens with two attached hydrogens (primary N) is 1. The summed E-state index contributed by atoms with van der Waals surface area (Å²) >= 11 is 0. The lowest BCUT2D eigenvalue weighted by molar-refractivity contribution is -0.181. The van der Waals surface area contributed by atoms with Crippen LogP contribution in [0.2, 0.25) is 0 Å². The number of esters is 2. The first kappa shape index (κ1) is 38.1. The maximum atomic E-state index is 13.5. The number of hydrogen-bond donors (Lipinski definition) is 1. The van der Waals surface area contributed by atoms with Crippen LogP contribution in [0.1, 0.15) is 113 Å². The second-order valence-corrected chi connectivity index (χ2v) is 15.6. The molecule has 0 saturated carbocycles. The van der Waals surface area contributed by atoms with Gasteiger partial charge in [-0.25, -0.2) is 4.79 Å². The minimum absolute atomic E-state index is 0.155. The third kappa shape index (κ3) is 11.3. The zero-order chi connectivity index (χ0) is 32.2. The van der Waals surface area contributed by atoms with Gasteiger partial charge in [0.05, 0.1) is 25.2 Å². The normalized spacial score (nSPS) is 15.0. The van der Waals surface area contributed by atoms with Gasteiger partial charge in [0, 0.05) is 12.1 Å². The highest BCUT2D eigenvalue weighted by Gasteiger charge is 2.59. The van der Waals surface area contributed by atoms with E-state index < -0.39 is 10.8 Å². The Labute approximate surface area is 259 Å². The molecule has 0 fully saturated rings. The lowest BCUT2D eigenvalue weighted by Gasteiger charge is -2.55. The van der Waals surface area contributed by atoms with Gasteiger partial charge in [0.15, 0.2) is 0 Å². The molecule has 0 heterocycles. The summed E-state index contributed by atoms with van der Waals surface area (Å²) in [6.45, 7) is 22.5. The van der Waals surface area contributed by atoms with E-state index in [1.807, 2.05) is 38.1 Å². The average Bonchev–Trinajstić information content (AvgIpc) is 2.90. The molecule has 0 amide bonds. The van der Waals surface area contributed by atoms with E-state index in [-0.39, 0.29) is 34.5 Å². The summed E-state index contributed by atoms with van der Waals surface area (Å²) in [5.74, 6) is 0.608. The fourth-order valence-electron chi connectivity index (χ4n) is 5.03. The Morgan fingerprint density at radius 1 is 0.810 bits per heavy atom. The molecule has 0 aliphatic rings. The van der Waals surface area contributed by atoms with Gasteiger partial charge in [-0.2, -0.15) is 0 Å². The Morgan fingerprint density at radius 2 is 1.36 bits per heavy atom. The fraction of sp³-hybridized carbons (Fsp3) is 0.714. The van der Waals surface area contributed by atoms with Crippen LogP contribution in [-0.2, 0) is 19.1 Å². The van der Waals surface area contributed by atoms with Gasteiger partial charge in [0.2, 0.25) is 0 Å². The van der Waals surface area contributed by atoms with Crippen LogP contribution in [0.5, 0.6) is 5.75 Å². The molecule has 0 aliphatic heterocycles. The molecule has 42 heavy (non-hydrogen) atoms. The van der Waals surface area contributed by atoms with Crippen molar-refractivity contribution in [2.45, 2.75) is 119 Å². The number of rotatable bonds is 19. The smallest absolute Gasteiger partial charge is 0.330 e. The highest BCUT2D eigenvalue weighted by atomic mass is 31.0. The summed E-state index contributed by atoms with van der Waals surface area (Å²) < 4.78 is 17.0. The molecule has 3 unspecified atom stereocenters. The van der Waals surface area contributed by atoms with Crippen molar-refractivity contribution < 1.29 is 23.8 Å². The molecule has 0 spiro atoms. The SMILES string of the molecule is CC(C)C(C)(C)C(C)(C(=O)OCCCCCCOc1ccc(/C=C/C(=O)OCCCC(C)(C)P)cc1)C(C)(C)C(C)N. The molecule has 1 rings (SSSR count). The Bertz CT molecular complexity index is 970. The van der Waals surface area contributed by atoms with Gasteiger partial charge in [-0.1, -0.05) is 67.5 Å². The van der Waals surface area contributed by atoms with Crippen LogP contribution < -0.4 is 10.5 Å². The van der Waals surface area contributed by atoms with Crippen molar-refractivity contribution in [3.8, 4) is 5.75 Å². The summed E-state index contributed by atoms with van der Waals surface area (Å²) in [5, 5.41) is 0.165. The van der Waals surface area contributed by atoms with Gasteiger partial charge in [0.1, 0.15) is 5.75 Å². The molecule has 0 aromatic heterocycles. The zero-order valence-electron chi connectivity index (χ0n) is 28.2. The van der Waals surface area contributed by atoms with E-state index in [1.165, 1.54) is 6.08 Å². The Kier molecular flexibility index (Phi) is 15.3. The van der Waals surface area contributed by atoms with Gasteiger partial charge in [-0.15, -0.1) is 9.24 Å². The Balaban J connectivity index is 2.39. The average molecular weight is 606 g/mol. The monoisotopic (exact) mass is 605 g/mol. The van der Waals surface area contributed by atoms with Crippen LogP contribution in [0.4, 0.5) is 0 Å². The number of carbonyl (C=O) groups excluding carboxylic acids is 2. The van der Waals surface area contributed by atoms with Crippen LogP contribution in [0, 0.1) is 22.2 Å². The fourth-order valence-corrected chi connectivity index (χ4v) is 5.24. The standard InChI is InChI=1S/C35H60NO5P/c1-26(2)33(6,7)35(10,34(8,9)27(3)36)31(38)41-24-14-12-11-13-23-39-29-19-16-28(17-20-29)18-21-30(37)40-25-15-22-32(4,5)42/h16-21,26-27H,11-15,22-25,36,42H2,1-10H3/b21-18+. The van der Waals surface area contributed by atoms with E-state index in [2.05, 4.69) is 64.6 Å². The highest BCUT2D eigenvalue weighted by molar-refractivity contribution is 7.18. The van der Waals surface area contributed by atoms with Crippen molar-refractivity contribution in [1.29, 1.82) is 0 Å². The molecule has 240 valence electrons. The van der Waals surface area contributed by atoms with Crippen molar-refractivity contribution in [3.63, 3.8) is 0 Å². The van der Waals surface area contributed by atoms with Crippen LogP contribution >= 0.6 is 9.24 Å². The lowest BCUT2D eigenvalue weighted by atomic mass is 9.49. The van der Waals surface area contributed by atoms with E-state index >= 15 is 0 Å². The van der Waals surface area contributed by atoms with Crippen LogP contribution in [0.15, 0.2) is 30.3 Å². The number of unbranched alkanes of at least 4 members (excludes halogenated alkanes) is 3. The summed E-state index contributed by atoms with van der Waals surface area (Å²) in [6.07, 6.45) is 8.75. The van der Waals surface area contributed by atoms with E-state index in [0.717, 1.165) is 49.8 Å². The number of benzene rings is 1. The third-order valence-corrected chi connectivity index (χ3v) is 9.90. The maximum absolute atomic E-state index is 13.5. The summed E-state index contributed by atoms with van der Waals surface area (Å²) in [4.78, 5) is 25.4. The second-order valence-electron chi connectivity index (χ2n) is 14.1. The molecule has 0 saturated heterocycles. The largest absolute Gasteiger partial charge is 0.494 e. The van der Waals surface area contributed by atoms with E-state index in [4.69, 9.17) is 19.9 Å². The quantitative estimate of drug-likeness (QED) is 0.0740. The number of hydrogen-bond acceptors (Lipinski definition) is 6. The predicted octanol–water partition coefficient (Wildman–Crippen LogP) is 8.22. The number of ether oxygens (including phenoxy) is 3. The molecule has 0 bridgehead atoms. The lowest BCUT2D eigenvalue weighted by Crippen LogP contribution is -2.60. The van der Waals surface area contributed by atoms with Gasteiger partial charge < -0.3 is 19.9 Å². The minimum Gasteiger partial charge on any atom is -0.494 e. The van der Waals surface area contributed by atoms with Gasteiger partial charge in [0.25, 0.3) is 0 Å². The Hall–Kier alpha value is -1.91. The summed E-state index contributed by atoms with van der Waals surface area (Å²) in [5.41, 5.74) is 5.85. The molecule has 0 radical (unpaired) electrons. The zero-order valence-corrected chi connectivity index (χ0v) is 29.3. The van der Waals surface area contributed by atoms with Crippen molar-refractivity contribution in [3.05, 3.63) is 35.9 Å². The van der Waals surface area contributed by atoms with Crippen LogP contribution in [-0.4, -0.2) is 43.0 Å². The first-order chi connectivity index (χ1) is 19.4. The maximum Gasteiger partial charge on any atom is 0.330 e. The van der Waals surface area contributed by atoms with E-state index in [9.17, 15) is 9.59 Å². The summed E-state index contributed by atoms with van der Waals surface area (Å²) in [6, 6.07) is 7.50. The predicted molar refractivity (Wildman–Crippen MR) is 179 cm³/mol. The molecular formula is C35H60NO5P. The molecule has 6 nitrogen and oxygen atoms in total.